The van der Waals surface area contributed by atoms with E-state index in [1.165, 1.54) is 0 Å². The third-order valence-electron chi connectivity index (χ3n) is 2.42. The Morgan fingerprint density at radius 3 is 2.65 bits per heavy atom. The van der Waals surface area contributed by atoms with Crippen molar-refractivity contribution in [3.63, 3.8) is 0 Å². The highest BCUT2D eigenvalue weighted by Crippen LogP contribution is 2.16. The summed E-state index contributed by atoms with van der Waals surface area (Å²) >= 11 is 0. The quantitative estimate of drug-likeness (QED) is 0.457. The normalized spacial score (nSPS) is 10.9. The van der Waals surface area contributed by atoms with Gasteiger partial charge in [0, 0.05) is 11.1 Å². The largest absolute Gasteiger partial charge is 0.323 e. The fourth-order valence-corrected chi connectivity index (χ4v) is 1.48. The predicted octanol–water partition coefficient (Wildman–Crippen LogP) is 1.04. The van der Waals surface area contributed by atoms with E-state index in [4.69, 9.17) is 5.84 Å². The highest BCUT2D eigenvalue weighted by molar-refractivity contribution is 5.80. The van der Waals surface area contributed by atoms with Crippen LogP contribution >= 0.6 is 0 Å². The Kier molecular flexibility index (Phi) is 3.00. The third-order valence-corrected chi connectivity index (χ3v) is 2.42. The number of aromatic amines is 1. The number of aryl methyl sites for hydroxylation is 1. The average Bonchev–Trinajstić information content (AvgIpc) is 2.34. The molecule has 0 aliphatic heterocycles. The van der Waals surface area contributed by atoms with Crippen molar-refractivity contribution in [3.05, 3.63) is 51.8 Å². The van der Waals surface area contributed by atoms with Crippen LogP contribution in [0.5, 0.6) is 0 Å². The third kappa shape index (κ3) is 2.39. The number of rotatable bonds is 2. The van der Waals surface area contributed by atoms with Crippen molar-refractivity contribution in [2.24, 2.45) is 10.9 Å². The first-order valence-corrected chi connectivity index (χ1v) is 5.11. The summed E-state index contributed by atoms with van der Waals surface area (Å²) in [6.45, 7) is 1.75. The summed E-state index contributed by atoms with van der Waals surface area (Å²) in [5, 5.41) is 9.89. The van der Waals surface area contributed by atoms with E-state index in [1.54, 1.807) is 19.2 Å². The van der Waals surface area contributed by atoms with Gasteiger partial charge in [-0.15, -0.1) is 0 Å². The van der Waals surface area contributed by atoms with Gasteiger partial charge in [0.05, 0.1) is 11.9 Å². The molecule has 0 radical (unpaired) electrons. The molecular formula is C12H12N4O. The van der Waals surface area contributed by atoms with E-state index >= 15 is 0 Å². The number of nitrogens with zero attached hydrogens (tertiary/aromatic N) is 2. The Morgan fingerprint density at radius 1 is 1.35 bits per heavy atom. The summed E-state index contributed by atoms with van der Waals surface area (Å²) in [5.74, 6) is 5.06. The summed E-state index contributed by atoms with van der Waals surface area (Å²) in [5.41, 5.74) is 3.05. The minimum Gasteiger partial charge on any atom is -0.323 e. The first-order chi connectivity index (χ1) is 8.20. The topological polar surface area (TPSA) is 84.1 Å². The van der Waals surface area contributed by atoms with Crippen LogP contribution < -0.4 is 11.4 Å². The molecule has 17 heavy (non-hydrogen) atoms. The fourth-order valence-electron chi connectivity index (χ4n) is 1.48. The highest BCUT2D eigenvalue weighted by Gasteiger charge is 2.01. The Morgan fingerprint density at radius 2 is 2.06 bits per heavy atom. The van der Waals surface area contributed by atoms with E-state index in [2.05, 4.69) is 15.3 Å². The Bertz CT molecular complexity index is 599. The van der Waals surface area contributed by atoms with Gasteiger partial charge in [-0.25, -0.2) is 5.10 Å². The number of hydrazone groups is 1. The summed E-state index contributed by atoms with van der Waals surface area (Å²) < 4.78 is 0. The number of H-pyrrole nitrogens is 1. The number of aromatic nitrogens is 2. The maximum absolute atomic E-state index is 11.2. The van der Waals surface area contributed by atoms with Crippen molar-refractivity contribution in [2.45, 2.75) is 6.92 Å². The average molecular weight is 228 g/mol. The molecule has 5 nitrogen and oxygen atoms in total. The SMILES string of the molecule is Cc1cc(-c2ccc(C=NN)cc2)n[nH]c1=O. The van der Waals surface area contributed by atoms with Crippen LogP contribution in [-0.4, -0.2) is 16.4 Å². The molecule has 0 saturated heterocycles. The molecule has 5 heteroatoms. The second kappa shape index (κ2) is 4.61. The van der Waals surface area contributed by atoms with Gasteiger partial charge in [-0.3, -0.25) is 4.79 Å². The molecular weight excluding hydrogens is 216 g/mol. The maximum atomic E-state index is 11.2. The van der Waals surface area contributed by atoms with E-state index in [-0.39, 0.29) is 5.56 Å². The van der Waals surface area contributed by atoms with Gasteiger partial charge in [0.25, 0.3) is 5.56 Å². The molecule has 0 aliphatic carbocycles. The van der Waals surface area contributed by atoms with Crippen molar-refractivity contribution < 1.29 is 0 Å². The highest BCUT2D eigenvalue weighted by atomic mass is 16.1. The van der Waals surface area contributed by atoms with Crippen molar-refractivity contribution in [1.29, 1.82) is 0 Å². The van der Waals surface area contributed by atoms with Gasteiger partial charge in [-0.2, -0.15) is 10.2 Å². The van der Waals surface area contributed by atoms with Crippen LogP contribution in [0.3, 0.4) is 0 Å². The molecule has 86 valence electrons. The zero-order valence-electron chi connectivity index (χ0n) is 9.34. The lowest BCUT2D eigenvalue weighted by Crippen LogP contribution is -2.11. The Labute approximate surface area is 98.0 Å². The zero-order valence-corrected chi connectivity index (χ0v) is 9.34. The second-order valence-corrected chi connectivity index (χ2v) is 3.67. The van der Waals surface area contributed by atoms with E-state index in [0.717, 1.165) is 16.8 Å². The molecule has 3 N–H and O–H groups in total. The van der Waals surface area contributed by atoms with Gasteiger partial charge in [0.15, 0.2) is 0 Å². The van der Waals surface area contributed by atoms with Gasteiger partial charge in [-0.1, -0.05) is 24.3 Å². The molecule has 0 spiro atoms. The van der Waals surface area contributed by atoms with E-state index < -0.39 is 0 Å². The first kappa shape index (κ1) is 11.1. The van der Waals surface area contributed by atoms with E-state index in [9.17, 15) is 4.79 Å². The van der Waals surface area contributed by atoms with Crippen LogP contribution in [0, 0.1) is 6.92 Å². The monoisotopic (exact) mass is 228 g/mol. The molecule has 0 amide bonds. The van der Waals surface area contributed by atoms with Gasteiger partial charge in [0.2, 0.25) is 0 Å². The van der Waals surface area contributed by atoms with Crippen molar-refractivity contribution >= 4 is 6.21 Å². The van der Waals surface area contributed by atoms with Crippen LogP contribution in [0.2, 0.25) is 0 Å². The summed E-state index contributed by atoms with van der Waals surface area (Å²) in [6, 6.07) is 9.32. The van der Waals surface area contributed by atoms with Gasteiger partial charge in [0.1, 0.15) is 0 Å². The van der Waals surface area contributed by atoms with Gasteiger partial charge in [-0.05, 0) is 18.6 Å². The van der Waals surface area contributed by atoms with E-state index in [1.807, 2.05) is 24.3 Å². The summed E-state index contributed by atoms with van der Waals surface area (Å²) in [6.07, 6.45) is 1.56. The smallest absolute Gasteiger partial charge is 0.267 e. The minimum absolute atomic E-state index is 0.166. The molecule has 0 atom stereocenters. The first-order valence-electron chi connectivity index (χ1n) is 5.11. The van der Waals surface area contributed by atoms with Crippen molar-refractivity contribution in [1.82, 2.24) is 10.2 Å². The minimum atomic E-state index is -0.166. The lowest BCUT2D eigenvalue weighted by molar-refractivity contribution is 0.976. The van der Waals surface area contributed by atoms with E-state index in [0.29, 0.717) is 5.56 Å². The molecule has 2 aromatic rings. The van der Waals surface area contributed by atoms with Crippen molar-refractivity contribution in [3.8, 4) is 11.3 Å². The number of benzene rings is 1. The number of nitrogens with two attached hydrogens (primary N) is 1. The predicted molar refractivity (Wildman–Crippen MR) is 66.8 cm³/mol. The van der Waals surface area contributed by atoms with Gasteiger partial charge < -0.3 is 5.84 Å². The van der Waals surface area contributed by atoms with Gasteiger partial charge >= 0.3 is 0 Å². The molecule has 1 heterocycles. The second-order valence-electron chi connectivity index (χ2n) is 3.67. The standard InChI is InChI=1S/C12H12N4O/c1-8-6-11(15-16-12(8)17)10-4-2-9(3-5-10)7-14-13/h2-7H,13H2,1H3,(H,16,17). The molecule has 1 aromatic carbocycles. The Hall–Kier alpha value is -2.43. The van der Waals surface area contributed by atoms with Crippen LogP contribution in [-0.2, 0) is 0 Å². The molecule has 2 rings (SSSR count). The fraction of sp³-hybridized carbons (Fsp3) is 0.0833. The number of hydrogen-bond donors (Lipinski definition) is 2. The van der Waals surface area contributed by atoms with Crippen LogP contribution in [0.4, 0.5) is 0 Å². The lowest BCUT2D eigenvalue weighted by Gasteiger charge is -2.01. The van der Waals surface area contributed by atoms with Crippen LogP contribution in [0.25, 0.3) is 11.3 Å². The molecule has 0 bridgehead atoms. The summed E-state index contributed by atoms with van der Waals surface area (Å²) in [7, 11) is 0. The molecule has 0 unspecified atom stereocenters. The number of nitrogens with one attached hydrogen (secondary N) is 1. The lowest BCUT2D eigenvalue weighted by atomic mass is 10.1. The van der Waals surface area contributed by atoms with Crippen LogP contribution in [0.1, 0.15) is 11.1 Å². The summed E-state index contributed by atoms with van der Waals surface area (Å²) in [4.78, 5) is 11.2. The van der Waals surface area contributed by atoms with Crippen LogP contribution in [0.15, 0.2) is 40.2 Å². The maximum Gasteiger partial charge on any atom is 0.267 e. The molecule has 1 aromatic heterocycles. The molecule has 0 saturated carbocycles. The zero-order chi connectivity index (χ0) is 12.3. The molecule has 0 aliphatic rings. The number of hydrogen-bond acceptors (Lipinski definition) is 4. The Balaban J connectivity index is 2.39. The molecule has 0 fully saturated rings. The van der Waals surface area contributed by atoms with Crippen molar-refractivity contribution in [2.75, 3.05) is 0 Å².